The highest BCUT2D eigenvalue weighted by atomic mass is 32.1. The summed E-state index contributed by atoms with van der Waals surface area (Å²) in [7, 11) is 0. The Morgan fingerprint density at radius 1 is 1.41 bits per heavy atom. The Bertz CT molecular complexity index is 434. The van der Waals surface area contributed by atoms with Crippen LogP contribution in [0.3, 0.4) is 0 Å². The van der Waals surface area contributed by atoms with Crippen LogP contribution in [0.1, 0.15) is 41.2 Å². The smallest absolute Gasteiger partial charge is 0.181 e. The molecule has 0 bridgehead atoms. The number of Topliss-reactive ketones (excluding diaryl/α,β-unsaturated/α-hetero) is 1. The molecule has 3 rings (SSSR count). The molecular weight excluding hydrogens is 236 g/mol. The van der Waals surface area contributed by atoms with Crippen LogP contribution in [0, 0.1) is 0 Å². The molecule has 2 heterocycles. The van der Waals surface area contributed by atoms with Gasteiger partial charge in [-0.2, -0.15) is 0 Å². The van der Waals surface area contributed by atoms with E-state index in [2.05, 4.69) is 9.88 Å². The van der Waals surface area contributed by atoms with Crippen LogP contribution >= 0.6 is 11.3 Å². The van der Waals surface area contributed by atoms with Gasteiger partial charge in [0.05, 0.1) is 18.2 Å². The molecule has 0 unspecified atom stereocenters. The number of carbonyl (C=O) groups is 1. The van der Waals surface area contributed by atoms with Crippen LogP contribution in [0.15, 0.2) is 0 Å². The van der Waals surface area contributed by atoms with Crippen molar-refractivity contribution in [3.63, 3.8) is 0 Å². The maximum Gasteiger partial charge on any atom is 0.181 e. The van der Waals surface area contributed by atoms with Gasteiger partial charge in [-0.15, -0.1) is 11.3 Å². The van der Waals surface area contributed by atoms with Crippen LogP contribution in [0.25, 0.3) is 0 Å². The monoisotopic (exact) mass is 252 g/mol. The average Bonchev–Trinajstić information content (AvgIpc) is 3.09. The average molecular weight is 252 g/mol. The van der Waals surface area contributed by atoms with Crippen molar-refractivity contribution in [1.29, 1.82) is 0 Å². The first kappa shape index (κ1) is 11.2. The number of ether oxygens (including phenoxy) is 1. The van der Waals surface area contributed by atoms with Crippen LogP contribution < -0.4 is 4.90 Å². The van der Waals surface area contributed by atoms with Crippen molar-refractivity contribution in [1.82, 2.24) is 4.98 Å². The van der Waals surface area contributed by atoms with Gasteiger partial charge in [0.25, 0.3) is 0 Å². The van der Waals surface area contributed by atoms with Crippen LogP contribution in [0.4, 0.5) is 5.00 Å². The summed E-state index contributed by atoms with van der Waals surface area (Å²) in [4.78, 5) is 18.4. The standard InChI is InChI=1S/C12H16N2O2S/c1-8(15)10-12(14-4-6-16-7-5-14)17-11(13-10)9-2-3-9/h9H,2-7H2,1H3. The lowest BCUT2D eigenvalue weighted by molar-refractivity contribution is 0.101. The predicted octanol–water partition coefficient (Wildman–Crippen LogP) is 2.06. The molecule has 2 fully saturated rings. The minimum absolute atomic E-state index is 0.0784. The zero-order valence-corrected chi connectivity index (χ0v) is 10.8. The van der Waals surface area contributed by atoms with Crippen molar-refractivity contribution in [2.24, 2.45) is 0 Å². The van der Waals surface area contributed by atoms with Gasteiger partial charge in [0.15, 0.2) is 5.78 Å². The van der Waals surface area contributed by atoms with E-state index in [1.54, 1.807) is 18.3 Å². The van der Waals surface area contributed by atoms with Crippen molar-refractivity contribution in [2.75, 3.05) is 31.2 Å². The summed E-state index contributed by atoms with van der Waals surface area (Å²) in [5.41, 5.74) is 0.666. The summed E-state index contributed by atoms with van der Waals surface area (Å²) < 4.78 is 5.35. The number of hydrogen-bond donors (Lipinski definition) is 0. The summed E-state index contributed by atoms with van der Waals surface area (Å²) in [5, 5.41) is 2.21. The van der Waals surface area contributed by atoms with Gasteiger partial charge in [0, 0.05) is 25.9 Å². The van der Waals surface area contributed by atoms with E-state index in [1.165, 1.54) is 12.8 Å². The van der Waals surface area contributed by atoms with Crippen molar-refractivity contribution in [2.45, 2.75) is 25.7 Å². The largest absolute Gasteiger partial charge is 0.378 e. The maximum absolute atomic E-state index is 11.7. The normalized spacial score (nSPS) is 20.6. The Labute approximate surface area is 105 Å². The highest BCUT2D eigenvalue weighted by Crippen LogP contribution is 2.45. The molecule has 1 saturated heterocycles. The van der Waals surface area contributed by atoms with Gasteiger partial charge in [0.1, 0.15) is 10.7 Å². The molecule has 1 saturated carbocycles. The molecule has 0 atom stereocenters. The highest BCUT2D eigenvalue weighted by molar-refractivity contribution is 7.16. The molecular formula is C12H16N2O2S. The molecule has 1 aromatic rings. The molecule has 92 valence electrons. The summed E-state index contributed by atoms with van der Waals surface area (Å²) in [6.45, 7) is 4.83. The second kappa shape index (κ2) is 4.38. The number of aromatic nitrogens is 1. The van der Waals surface area contributed by atoms with Crippen molar-refractivity contribution in [3.05, 3.63) is 10.7 Å². The molecule has 4 nitrogen and oxygen atoms in total. The van der Waals surface area contributed by atoms with E-state index in [-0.39, 0.29) is 5.78 Å². The van der Waals surface area contributed by atoms with Gasteiger partial charge in [0.2, 0.25) is 0 Å². The second-order valence-electron chi connectivity index (χ2n) is 4.64. The Morgan fingerprint density at radius 3 is 2.71 bits per heavy atom. The molecule has 0 aromatic carbocycles. The maximum atomic E-state index is 11.7. The van der Waals surface area contributed by atoms with E-state index >= 15 is 0 Å². The number of rotatable bonds is 3. The van der Waals surface area contributed by atoms with Gasteiger partial charge in [-0.05, 0) is 12.8 Å². The quantitative estimate of drug-likeness (QED) is 0.772. The third-order valence-electron chi connectivity index (χ3n) is 3.18. The number of morpholine rings is 1. The first-order valence-electron chi connectivity index (χ1n) is 6.10. The zero-order valence-electron chi connectivity index (χ0n) is 9.94. The third-order valence-corrected chi connectivity index (χ3v) is 4.46. The molecule has 2 aliphatic rings. The second-order valence-corrected chi connectivity index (χ2v) is 5.64. The number of nitrogens with zero attached hydrogens (tertiary/aromatic N) is 2. The molecule has 1 aliphatic carbocycles. The lowest BCUT2D eigenvalue weighted by Gasteiger charge is -2.27. The van der Waals surface area contributed by atoms with Gasteiger partial charge in [-0.1, -0.05) is 0 Å². The fraction of sp³-hybridized carbons (Fsp3) is 0.667. The zero-order chi connectivity index (χ0) is 11.8. The van der Waals surface area contributed by atoms with Gasteiger partial charge in [-0.25, -0.2) is 4.98 Å². The van der Waals surface area contributed by atoms with E-state index in [1.807, 2.05) is 0 Å². The lowest BCUT2D eigenvalue weighted by atomic mass is 10.3. The number of carbonyl (C=O) groups excluding carboxylic acids is 1. The van der Waals surface area contributed by atoms with Crippen LogP contribution in [0.2, 0.25) is 0 Å². The molecule has 17 heavy (non-hydrogen) atoms. The lowest BCUT2D eigenvalue weighted by Crippen LogP contribution is -2.36. The van der Waals surface area contributed by atoms with Crippen LogP contribution in [0.5, 0.6) is 0 Å². The topological polar surface area (TPSA) is 42.4 Å². The Balaban J connectivity index is 1.91. The van der Waals surface area contributed by atoms with E-state index in [0.29, 0.717) is 11.6 Å². The summed E-state index contributed by atoms with van der Waals surface area (Å²) in [5.74, 6) is 0.697. The number of hydrogen-bond acceptors (Lipinski definition) is 5. The van der Waals surface area contributed by atoms with Crippen LogP contribution in [-0.4, -0.2) is 37.1 Å². The SMILES string of the molecule is CC(=O)c1nc(C2CC2)sc1N1CCOCC1. The molecule has 5 heteroatoms. The van der Waals surface area contributed by atoms with Gasteiger partial charge in [-0.3, -0.25) is 4.79 Å². The Hall–Kier alpha value is -0.940. The first-order valence-corrected chi connectivity index (χ1v) is 6.91. The van der Waals surface area contributed by atoms with Crippen molar-refractivity contribution in [3.8, 4) is 0 Å². The molecule has 1 aliphatic heterocycles. The molecule has 0 spiro atoms. The van der Waals surface area contributed by atoms with E-state index in [4.69, 9.17) is 4.74 Å². The van der Waals surface area contributed by atoms with Crippen LogP contribution in [-0.2, 0) is 4.74 Å². The predicted molar refractivity (Wildman–Crippen MR) is 67.1 cm³/mol. The van der Waals surface area contributed by atoms with Gasteiger partial charge >= 0.3 is 0 Å². The molecule has 0 amide bonds. The van der Waals surface area contributed by atoms with E-state index in [0.717, 1.165) is 36.3 Å². The molecule has 0 radical (unpaired) electrons. The van der Waals surface area contributed by atoms with Crippen molar-refractivity contribution < 1.29 is 9.53 Å². The third kappa shape index (κ3) is 2.21. The fourth-order valence-corrected chi connectivity index (χ4v) is 3.38. The van der Waals surface area contributed by atoms with E-state index < -0.39 is 0 Å². The van der Waals surface area contributed by atoms with Crippen molar-refractivity contribution >= 4 is 22.1 Å². The summed E-state index contributed by atoms with van der Waals surface area (Å²) in [6, 6.07) is 0. The number of anilines is 1. The molecule has 1 aromatic heterocycles. The minimum Gasteiger partial charge on any atom is -0.378 e. The first-order chi connectivity index (χ1) is 8.25. The minimum atomic E-state index is 0.0784. The number of ketones is 1. The van der Waals surface area contributed by atoms with E-state index in [9.17, 15) is 4.79 Å². The Kier molecular flexibility index (Phi) is 2.88. The highest BCUT2D eigenvalue weighted by Gasteiger charge is 2.30. The fourth-order valence-electron chi connectivity index (χ4n) is 2.04. The molecule has 0 N–H and O–H groups in total. The number of thiazole rings is 1. The van der Waals surface area contributed by atoms with Gasteiger partial charge < -0.3 is 9.64 Å². The Morgan fingerprint density at radius 2 is 2.12 bits per heavy atom. The summed E-state index contributed by atoms with van der Waals surface area (Å²) in [6.07, 6.45) is 2.46. The summed E-state index contributed by atoms with van der Waals surface area (Å²) >= 11 is 1.70.